The van der Waals surface area contributed by atoms with Crippen molar-refractivity contribution in [2.45, 2.75) is 45.4 Å². The Labute approximate surface area is 103 Å². The zero-order valence-electron chi connectivity index (χ0n) is 11.2. The lowest BCUT2D eigenvalue weighted by Gasteiger charge is -2.12. The van der Waals surface area contributed by atoms with Gasteiger partial charge in [-0.05, 0) is 12.3 Å². The molecular formula is C13H22N2O2. The van der Waals surface area contributed by atoms with Crippen LogP contribution in [-0.4, -0.2) is 24.2 Å². The molecule has 1 aromatic heterocycles. The van der Waals surface area contributed by atoms with Crippen LogP contribution in [0.4, 0.5) is 0 Å². The summed E-state index contributed by atoms with van der Waals surface area (Å²) in [5, 5.41) is 0. The summed E-state index contributed by atoms with van der Waals surface area (Å²) in [4.78, 5) is 8.46. The number of methoxy groups -OCH3 is 2. The van der Waals surface area contributed by atoms with Gasteiger partial charge in [0.05, 0.1) is 19.9 Å². The summed E-state index contributed by atoms with van der Waals surface area (Å²) in [5.41, 5.74) is 0.991. The van der Waals surface area contributed by atoms with Gasteiger partial charge >= 0.3 is 6.01 Å². The van der Waals surface area contributed by atoms with Gasteiger partial charge in [-0.25, -0.2) is 0 Å². The monoisotopic (exact) mass is 238 g/mol. The first-order valence-corrected chi connectivity index (χ1v) is 6.18. The normalized spacial score (nSPS) is 12.2. The highest BCUT2D eigenvalue weighted by molar-refractivity contribution is 5.21. The molecule has 1 atom stereocenters. The van der Waals surface area contributed by atoms with E-state index in [1.807, 2.05) is 6.07 Å². The minimum atomic E-state index is 0.377. The molecule has 1 aromatic rings. The molecule has 4 nitrogen and oxygen atoms in total. The minimum Gasteiger partial charge on any atom is -0.481 e. The molecule has 0 fully saturated rings. The number of nitrogens with zero attached hydrogens (tertiary/aromatic N) is 2. The van der Waals surface area contributed by atoms with E-state index in [2.05, 4.69) is 23.8 Å². The second kappa shape index (κ2) is 7.09. The summed E-state index contributed by atoms with van der Waals surface area (Å²) in [5.74, 6) is 0.974. The predicted molar refractivity (Wildman–Crippen MR) is 67.7 cm³/mol. The number of hydrogen-bond donors (Lipinski definition) is 0. The topological polar surface area (TPSA) is 44.2 Å². The number of unbranched alkanes of at least 4 members (excludes halogenated alkanes) is 2. The molecule has 0 aliphatic carbocycles. The third kappa shape index (κ3) is 4.21. The Morgan fingerprint density at radius 3 is 2.53 bits per heavy atom. The third-order valence-electron chi connectivity index (χ3n) is 2.84. The van der Waals surface area contributed by atoms with E-state index in [0.29, 0.717) is 17.8 Å². The van der Waals surface area contributed by atoms with E-state index >= 15 is 0 Å². The van der Waals surface area contributed by atoms with Crippen molar-refractivity contribution in [1.29, 1.82) is 0 Å². The van der Waals surface area contributed by atoms with E-state index in [1.165, 1.54) is 19.3 Å². The molecular weight excluding hydrogens is 216 g/mol. The maximum Gasteiger partial charge on any atom is 0.319 e. The summed E-state index contributed by atoms with van der Waals surface area (Å²) in [7, 11) is 3.17. The Hall–Kier alpha value is -1.32. The minimum absolute atomic E-state index is 0.377. The van der Waals surface area contributed by atoms with Gasteiger partial charge in [0.2, 0.25) is 5.88 Å². The molecule has 0 radical (unpaired) electrons. The highest BCUT2D eigenvalue weighted by atomic mass is 16.5. The van der Waals surface area contributed by atoms with E-state index in [-0.39, 0.29) is 0 Å². The molecule has 1 rings (SSSR count). The van der Waals surface area contributed by atoms with Gasteiger partial charge in [0.25, 0.3) is 0 Å². The fraction of sp³-hybridized carbons (Fsp3) is 0.692. The Kier molecular flexibility index (Phi) is 5.73. The molecule has 0 saturated heterocycles. The number of aromatic nitrogens is 2. The zero-order chi connectivity index (χ0) is 12.7. The molecule has 17 heavy (non-hydrogen) atoms. The van der Waals surface area contributed by atoms with Crippen LogP contribution in [0.2, 0.25) is 0 Å². The Balaban J connectivity index is 2.73. The van der Waals surface area contributed by atoms with Crippen molar-refractivity contribution in [3.05, 3.63) is 11.8 Å². The van der Waals surface area contributed by atoms with Crippen molar-refractivity contribution in [1.82, 2.24) is 9.97 Å². The summed E-state index contributed by atoms with van der Waals surface area (Å²) in [6.07, 6.45) is 4.87. The van der Waals surface area contributed by atoms with Crippen molar-refractivity contribution < 1.29 is 9.47 Å². The van der Waals surface area contributed by atoms with Crippen molar-refractivity contribution >= 4 is 0 Å². The molecule has 0 aliphatic rings. The van der Waals surface area contributed by atoms with Crippen molar-refractivity contribution in [2.75, 3.05) is 14.2 Å². The fourth-order valence-electron chi connectivity index (χ4n) is 1.72. The van der Waals surface area contributed by atoms with Crippen LogP contribution < -0.4 is 9.47 Å². The zero-order valence-corrected chi connectivity index (χ0v) is 11.2. The van der Waals surface area contributed by atoms with Gasteiger partial charge in [0, 0.05) is 6.07 Å². The van der Waals surface area contributed by atoms with Crippen LogP contribution in [0.5, 0.6) is 11.9 Å². The maximum atomic E-state index is 5.14. The van der Waals surface area contributed by atoms with E-state index in [1.54, 1.807) is 14.2 Å². The third-order valence-corrected chi connectivity index (χ3v) is 2.84. The van der Waals surface area contributed by atoms with Crippen LogP contribution in [-0.2, 0) is 0 Å². The Morgan fingerprint density at radius 1 is 1.18 bits per heavy atom. The molecule has 0 aliphatic heterocycles. The Bertz CT molecular complexity index is 320. The van der Waals surface area contributed by atoms with Crippen molar-refractivity contribution in [2.24, 2.45) is 0 Å². The molecule has 4 heteroatoms. The van der Waals surface area contributed by atoms with Gasteiger partial charge in [-0.2, -0.15) is 9.97 Å². The summed E-state index contributed by atoms with van der Waals surface area (Å²) >= 11 is 0. The van der Waals surface area contributed by atoms with Crippen LogP contribution in [0.1, 0.15) is 51.1 Å². The molecule has 1 unspecified atom stereocenters. The lowest BCUT2D eigenvalue weighted by atomic mass is 10.00. The average Bonchev–Trinajstić information content (AvgIpc) is 2.38. The summed E-state index contributed by atoms with van der Waals surface area (Å²) in [6.45, 7) is 4.39. The first-order chi connectivity index (χ1) is 8.21. The number of ether oxygens (including phenoxy) is 2. The molecule has 0 aromatic carbocycles. The lowest BCUT2D eigenvalue weighted by molar-refractivity contribution is 0.348. The van der Waals surface area contributed by atoms with Crippen LogP contribution >= 0.6 is 0 Å². The molecule has 0 bridgehead atoms. The second-order valence-electron chi connectivity index (χ2n) is 4.22. The van der Waals surface area contributed by atoms with Crippen LogP contribution in [0.15, 0.2) is 6.07 Å². The molecule has 0 saturated carbocycles. The molecule has 0 N–H and O–H groups in total. The van der Waals surface area contributed by atoms with Crippen molar-refractivity contribution in [3.8, 4) is 11.9 Å². The fourth-order valence-corrected chi connectivity index (χ4v) is 1.72. The average molecular weight is 238 g/mol. The molecule has 0 spiro atoms. The quantitative estimate of drug-likeness (QED) is 0.684. The predicted octanol–water partition coefficient (Wildman–Crippen LogP) is 3.18. The van der Waals surface area contributed by atoms with E-state index in [0.717, 1.165) is 12.1 Å². The van der Waals surface area contributed by atoms with Gasteiger partial charge in [-0.1, -0.05) is 33.1 Å². The van der Waals surface area contributed by atoms with E-state index in [9.17, 15) is 0 Å². The van der Waals surface area contributed by atoms with Crippen LogP contribution in [0.25, 0.3) is 0 Å². The van der Waals surface area contributed by atoms with Gasteiger partial charge in [-0.15, -0.1) is 0 Å². The molecule has 96 valence electrons. The van der Waals surface area contributed by atoms with Gasteiger partial charge < -0.3 is 9.47 Å². The smallest absolute Gasteiger partial charge is 0.319 e. The van der Waals surface area contributed by atoms with E-state index < -0.39 is 0 Å². The first-order valence-electron chi connectivity index (χ1n) is 6.18. The standard InChI is InChI=1S/C13H22N2O2/c1-5-6-7-8-10(2)11-9-12(16-3)15-13(14-11)17-4/h9-10H,5-8H2,1-4H3. The van der Waals surface area contributed by atoms with Crippen LogP contribution in [0, 0.1) is 0 Å². The number of hydrogen-bond acceptors (Lipinski definition) is 4. The van der Waals surface area contributed by atoms with E-state index in [4.69, 9.17) is 9.47 Å². The summed E-state index contributed by atoms with van der Waals surface area (Å²) < 4.78 is 10.2. The number of rotatable bonds is 7. The van der Waals surface area contributed by atoms with Gasteiger partial charge in [-0.3, -0.25) is 0 Å². The largest absolute Gasteiger partial charge is 0.481 e. The second-order valence-corrected chi connectivity index (χ2v) is 4.22. The first kappa shape index (κ1) is 13.7. The SMILES string of the molecule is CCCCCC(C)c1cc(OC)nc(OC)n1. The highest BCUT2D eigenvalue weighted by Gasteiger charge is 2.11. The van der Waals surface area contributed by atoms with Gasteiger partial charge in [0.1, 0.15) is 0 Å². The van der Waals surface area contributed by atoms with Crippen LogP contribution in [0.3, 0.4) is 0 Å². The molecule has 0 amide bonds. The highest BCUT2D eigenvalue weighted by Crippen LogP contribution is 2.24. The lowest BCUT2D eigenvalue weighted by Crippen LogP contribution is -2.03. The van der Waals surface area contributed by atoms with Crippen molar-refractivity contribution in [3.63, 3.8) is 0 Å². The maximum absolute atomic E-state index is 5.14. The Morgan fingerprint density at radius 2 is 1.94 bits per heavy atom. The molecule has 1 heterocycles. The van der Waals surface area contributed by atoms with Gasteiger partial charge in [0.15, 0.2) is 0 Å². The summed E-state index contributed by atoms with van der Waals surface area (Å²) in [6, 6.07) is 2.26.